The molecule has 1 rings (SSSR count). The van der Waals surface area contributed by atoms with Crippen LogP contribution in [0.1, 0.15) is 47.1 Å². The maximum absolute atomic E-state index is 12.3. The standard InChI is InChI=1S/C20H25NO5/c1-19(2,3)17(22)14(12-21)10-13-8-9-15(16(11-13)24-7)25-18(23)26-20(4,5)6/h8-11H,1-7H3/b14-10+. The van der Waals surface area contributed by atoms with Gasteiger partial charge >= 0.3 is 6.16 Å². The topological polar surface area (TPSA) is 85.6 Å². The van der Waals surface area contributed by atoms with Crippen molar-refractivity contribution in [2.75, 3.05) is 7.11 Å². The van der Waals surface area contributed by atoms with Crippen LogP contribution in [0.15, 0.2) is 23.8 Å². The number of benzene rings is 1. The zero-order valence-corrected chi connectivity index (χ0v) is 16.3. The van der Waals surface area contributed by atoms with Crippen molar-refractivity contribution in [3.05, 3.63) is 29.3 Å². The van der Waals surface area contributed by atoms with Crippen LogP contribution in [0.25, 0.3) is 6.08 Å². The maximum atomic E-state index is 12.3. The Balaban J connectivity index is 3.12. The number of Topliss-reactive ketones (excluding diaryl/α,β-unsaturated/α-hetero) is 1. The lowest BCUT2D eigenvalue weighted by atomic mass is 9.86. The van der Waals surface area contributed by atoms with Crippen molar-refractivity contribution < 1.29 is 23.8 Å². The van der Waals surface area contributed by atoms with Crippen LogP contribution in [0.4, 0.5) is 4.79 Å². The van der Waals surface area contributed by atoms with E-state index in [4.69, 9.17) is 14.2 Å². The van der Waals surface area contributed by atoms with Crippen molar-refractivity contribution in [2.24, 2.45) is 5.41 Å². The summed E-state index contributed by atoms with van der Waals surface area (Å²) in [6.45, 7) is 10.4. The molecule has 1 aromatic rings. The fraction of sp³-hybridized carbons (Fsp3) is 0.450. The molecule has 0 heterocycles. The molecule has 26 heavy (non-hydrogen) atoms. The fourth-order valence-electron chi connectivity index (χ4n) is 1.94. The molecule has 6 heteroatoms. The van der Waals surface area contributed by atoms with E-state index in [1.54, 1.807) is 53.7 Å². The second-order valence-corrected chi connectivity index (χ2v) is 7.73. The highest BCUT2D eigenvalue weighted by Gasteiger charge is 2.25. The molecule has 0 spiro atoms. The molecule has 0 fully saturated rings. The van der Waals surface area contributed by atoms with Gasteiger partial charge in [0.15, 0.2) is 17.3 Å². The largest absolute Gasteiger partial charge is 0.514 e. The Morgan fingerprint density at radius 2 is 1.69 bits per heavy atom. The molecule has 0 N–H and O–H groups in total. The van der Waals surface area contributed by atoms with Crippen LogP contribution in [0.2, 0.25) is 0 Å². The van der Waals surface area contributed by atoms with Gasteiger partial charge in [-0.15, -0.1) is 0 Å². The highest BCUT2D eigenvalue weighted by atomic mass is 16.7. The van der Waals surface area contributed by atoms with Gasteiger partial charge in [0.25, 0.3) is 0 Å². The highest BCUT2D eigenvalue weighted by molar-refractivity contribution is 6.06. The summed E-state index contributed by atoms with van der Waals surface area (Å²) >= 11 is 0. The first-order valence-corrected chi connectivity index (χ1v) is 8.13. The Morgan fingerprint density at radius 1 is 1.08 bits per heavy atom. The summed E-state index contributed by atoms with van der Waals surface area (Å²) in [5, 5.41) is 9.27. The minimum atomic E-state index is -0.847. The Bertz CT molecular complexity index is 758. The lowest BCUT2D eigenvalue weighted by Gasteiger charge is -2.19. The number of carbonyl (C=O) groups excluding carboxylic acids is 2. The highest BCUT2D eigenvalue weighted by Crippen LogP contribution is 2.30. The van der Waals surface area contributed by atoms with E-state index in [0.717, 1.165) is 0 Å². The molecule has 0 saturated carbocycles. The summed E-state index contributed by atoms with van der Waals surface area (Å²) in [7, 11) is 1.43. The maximum Gasteiger partial charge on any atom is 0.514 e. The van der Waals surface area contributed by atoms with Gasteiger partial charge in [0, 0.05) is 5.41 Å². The predicted molar refractivity (Wildman–Crippen MR) is 97.9 cm³/mol. The summed E-state index contributed by atoms with van der Waals surface area (Å²) in [4.78, 5) is 24.1. The van der Waals surface area contributed by atoms with Crippen molar-refractivity contribution in [2.45, 2.75) is 47.1 Å². The molecule has 1 aromatic carbocycles. The first kappa shape index (κ1) is 21.2. The molecular weight excluding hydrogens is 334 g/mol. The minimum absolute atomic E-state index is 0.0420. The normalized spacial score (nSPS) is 12.2. The zero-order valence-electron chi connectivity index (χ0n) is 16.3. The van der Waals surface area contributed by atoms with Gasteiger partial charge in [0.05, 0.1) is 12.7 Å². The van der Waals surface area contributed by atoms with Gasteiger partial charge in [-0.05, 0) is 44.5 Å². The molecule has 6 nitrogen and oxygen atoms in total. The summed E-state index contributed by atoms with van der Waals surface area (Å²) in [6.07, 6.45) is 0.632. The van der Waals surface area contributed by atoms with Gasteiger partial charge in [0.2, 0.25) is 0 Å². The molecule has 0 unspecified atom stereocenters. The average molecular weight is 359 g/mol. The van der Waals surface area contributed by atoms with E-state index in [2.05, 4.69) is 0 Å². The molecule has 0 bridgehead atoms. The van der Waals surface area contributed by atoms with Crippen LogP contribution in [-0.4, -0.2) is 24.6 Å². The number of nitriles is 1. The lowest BCUT2D eigenvalue weighted by Crippen LogP contribution is -2.26. The van der Waals surface area contributed by atoms with Gasteiger partial charge in [-0.2, -0.15) is 5.26 Å². The van der Waals surface area contributed by atoms with Gasteiger partial charge < -0.3 is 14.2 Å². The molecular formula is C20H25NO5. The Hall–Kier alpha value is -2.81. The molecule has 0 aliphatic rings. The van der Waals surface area contributed by atoms with Gasteiger partial charge in [-0.1, -0.05) is 26.8 Å². The summed E-state index contributed by atoms with van der Waals surface area (Å²) in [5.74, 6) is 0.206. The molecule has 140 valence electrons. The fourth-order valence-corrected chi connectivity index (χ4v) is 1.94. The van der Waals surface area contributed by atoms with Crippen LogP contribution in [0, 0.1) is 16.7 Å². The lowest BCUT2D eigenvalue weighted by molar-refractivity contribution is -0.121. The van der Waals surface area contributed by atoms with Gasteiger partial charge in [-0.3, -0.25) is 4.79 Å². The van der Waals surface area contributed by atoms with Gasteiger partial charge in [-0.25, -0.2) is 4.79 Å². The summed E-state index contributed by atoms with van der Waals surface area (Å²) < 4.78 is 15.5. The van der Waals surface area contributed by atoms with E-state index in [9.17, 15) is 14.9 Å². The first-order chi connectivity index (χ1) is 11.9. The van der Waals surface area contributed by atoms with E-state index in [0.29, 0.717) is 5.56 Å². The third kappa shape index (κ3) is 6.25. The molecule has 0 aliphatic heterocycles. The quantitative estimate of drug-likeness (QED) is 0.340. The molecule has 0 saturated heterocycles. The number of hydrogen-bond acceptors (Lipinski definition) is 6. The smallest absolute Gasteiger partial charge is 0.493 e. The Kier molecular flexibility index (Phi) is 6.57. The van der Waals surface area contributed by atoms with Crippen molar-refractivity contribution in [1.29, 1.82) is 5.26 Å². The monoisotopic (exact) mass is 359 g/mol. The van der Waals surface area contributed by atoms with Gasteiger partial charge in [0.1, 0.15) is 11.7 Å². The minimum Gasteiger partial charge on any atom is -0.493 e. The Labute approximate surface area is 154 Å². The summed E-state index contributed by atoms with van der Waals surface area (Å²) in [6, 6.07) is 6.65. The second-order valence-electron chi connectivity index (χ2n) is 7.73. The van der Waals surface area contributed by atoms with Crippen molar-refractivity contribution >= 4 is 18.0 Å². The molecule has 0 amide bonds. The van der Waals surface area contributed by atoms with Crippen LogP contribution in [0.5, 0.6) is 11.5 Å². The summed E-state index contributed by atoms with van der Waals surface area (Å²) in [5.41, 5.74) is -0.721. The van der Waals surface area contributed by atoms with Crippen LogP contribution in [0.3, 0.4) is 0 Å². The molecule has 0 aliphatic carbocycles. The number of hydrogen-bond donors (Lipinski definition) is 0. The molecule has 0 radical (unpaired) electrons. The number of carbonyl (C=O) groups is 2. The van der Waals surface area contributed by atoms with Crippen LogP contribution >= 0.6 is 0 Å². The van der Waals surface area contributed by atoms with E-state index < -0.39 is 17.2 Å². The number of ketones is 1. The second kappa shape index (κ2) is 8.05. The molecule has 0 atom stereocenters. The van der Waals surface area contributed by atoms with Crippen LogP contribution < -0.4 is 9.47 Å². The van der Waals surface area contributed by atoms with E-state index in [1.165, 1.54) is 19.3 Å². The number of allylic oxidation sites excluding steroid dienone is 1. The van der Waals surface area contributed by atoms with E-state index >= 15 is 0 Å². The third-order valence-corrected chi connectivity index (χ3v) is 3.13. The number of ether oxygens (including phenoxy) is 3. The van der Waals surface area contributed by atoms with E-state index in [1.807, 2.05) is 6.07 Å². The Morgan fingerprint density at radius 3 is 2.15 bits per heavy atom. The SMILES string of the molecule is COc1cc(/C=C(\C#N)C(=O)C(C)(C)C)ccc1OC(=O)OC(C)(C)C. The first-order valence-electron chi connectivity index (χ1n) is 8.13. The van der Waals surface area contributed by atoms with Crippen molar-refractivity contribution in [3.8, 4) is 17.6 Å². The van der Waals surface area contributed by atoms with Crippen molar-refractivity contribution in [1.82, 2.24) is 0 Å². The number of nitrogens with zero attached hydrogens (tertiary/aromatic N) is 1. The molecule has 0 aromatic heterocycles. The zero-order chi connectivity index (χ0) is 20.1. The van der Waals surface area contributed by atoms with Crippen LogP contribution in [-0.2, 0) is 9.53 Å². The van der Waals surface area contributed by atoms with Crippen molar-refractivity contribution in [3.63, 3.8) is 0 Å². The predicted octanol–water partition coefficient (Wildman–Crippen LogP) is 4.53. The average Bonchev–Trinajstić information content (AvgIpc) is 2.50. The van der Waals surface area contributed by atoms with E-state index in [-0.39, 0.29) is 22.9 Å². The number of rotatable bonds is 4. The third-order valence-electron chi connectivity index (χ3n) is 3.13. The number of methoxy groups -OCH3 is 1.